The molecule has 128 valence electrons. The number of benzene rings is 1. The van der Waals surface area contributed by atoms with Gasteiger partial charge in [0, 0.05) is 0 Å². The number of hydrogen-bond acceptors (Lipinski definition) is 4. The first-order valence-corrected chi connectivity index (χ1v) is 9.29. The van der Waals surface area contributed by atoms with Crippen molar-refractivity contribution in [1.29, 1.82) is 0 Å². The summed E-state index contributed by atoms with van der Waals surface area (Å²) in [5.41, 5.74) is -0.698. The third-order valence-corrected chi connectivity index (χ3v) is 5.83. The quantitative estimate of drug-likeness (QED) is 0.859. The summed E-state index contributed by atoms with van der Waals surface area (Å²) >= 11 is 0. The molecule has 0 saturated heterocycles. The van der Waals surface area contributed by atoms with Gasteiger partial charge in [-0.05, 0) is 25.0 Å². The summed E-state index contributed by atoms with van der Waals surface area (Å²) < 4.78 is 29.1. The predicted octanol–water partition coefficient (Wildman–Crippen LogP) is 1.94. The van der Waals surface area contributed by atoms with E-state index in [2.05, 4.69) is 9.82 Å². The van der Waals surface area contributed by atoms with Crippen LogP contribution in [-0.2, 0) is 14.8 Å². The molecule has 7 nitrogen and oxygen atoms in total. The normalized spacial score (nSPS) is 17.5. The molecule has 1 aromatic heterocycles. The molecule has 1 saturated carbocycles. The Hall–Kier alpha value is -2.19. The Labute approximate surface area is 140 Å². The van der Waals surface area contributed by atoms with E-state index in [1.165, 1.54) is 17.1 Å². The summed E-state index contributed by atoms with van der Waals surface area (Å²) in [5, 5.41) is 13.6. The zero-order valence-corrected chi connectivity index (χ0v) is 13.9. The zero-order chi connectivity index (χ0) is 17.2. The molecule has 1 aliphatic rings. The molecule has 3 rings (SSSR count). The molecule has 0 amide bonds. The smallest absolute Gasteiger partial charge is 0.324 e. The lowest BCUT2D eigenvalue weighted by molar-refractivity contribution is -0.145. The van der Waals surface area contributed by atoms with Gasteiger partial charge in [-0.2, -0.15) is 9.82 Å². The van der Waals surface area contributed by atoms with Gasteiger partial charge in [-0.15, -0.1) is 0 Å². The highest BCUT2D eigenvalue weighted by Gasteiger charge is 2.43. The second-order valence-corrected chi connectivity index (χ2v) is 7.69. The molecule has 2 aromatic rings. The van der Waals surface area contributed by atoms with Gasteiger partial charge in [0.05, 0.1) is 18.1 Å². The number of aromatic nitrogens is 2. The molecule has 2 N–H and O–H groups in total. The standard InChI is InChI=1S/C16H19N3O4S/c20-15(21)16(9-5-2-6-10-16)18-24(22,23)14-11-17-19(12-14)13-7-3-1-4-8-13/h1,3-4,7-8,11-12,18H,2,5-6,9-10H2,(H,20,21). The highest BCUT2D eigenvalue weighted by molar-refractivity contribution is 7.89. The Morgan fingerprint density at radius 1 is 1.17 bits per heavy atom. The van der Waals surface area contributed by atoms with Crippen molar-refractivity contribution in [1.82, 2.24) is 14.5 Å². The van der Waals surface area contributed by atoms with Crippen LogP contribution in [0.5, 0.6) is 0 Å². The van der Waals surface area contributed by atoms with E-state index in [4.69, 9.17) is 0 Å². The lowest BCUT2D eigenvalue weighted by atomic mass is 9.83. The van der Waals surface area contributed by atoms with Gasteiger partial charge in [-0.3, -0.25) is 4.79 Å². The van der Waals surface area contributed by atoms with E-state index in [0.717, 1.165) is 12.1 Å². The molecule has 24 heavy (non-hydrogen) atoms. The average molecular weight is 349 g/mol. The van der Waals surface area contributed by atoms with Crippen molar-refractivity contribution >= 4 is 16.0 Å². The van der Waals surface area contributed by atoms with Crippen molar-refractivity contribution in [3.8, 4) is 5.69 Å². The van der Waals surface area contributed by atoms with Crippen LogP contribution in [-0.4, -0.2) is 34.8 Å². The summed E-state index contributed by atoms with van der Waals surface area (Å²) in [7, 11) is -3.96. The number of nitrogens with zero attached hydrogens (tertiary/aromatic N) is 2. The number of sulfonamides is 1. The molecule has 1 heterocycles. The van der Waals surface area contributed by atoms with E-state index in [0.29, 0.717) is 25.7 Å². The van der Waals surface area contributed by atoms with Crippen molar-refractivity contribution in [3.05, 3.63) is 42.7 Å². The summed E-state index contributed by atoms with van der Waals surface area (Å²) in [4.78, 5) is 11.6. The maximum atomic E-state index is 12.6. The van der Waals surface area contributed by atoms with Gasteiger partial charge in [0.25, 0.3) is 0 Å². The highest BCUT2D eigenvalue weighted by atomic mass is 32.2. The molecule has 0 radical (unpaired) electrons. The zero-order valence-electron chi connectivity index (χ0n) is 13.1. The van der Waals surface area contributed by atoms with Crippen LogP contribution in [0.2, 0.25) is 0 Å². The largest absolute Gasteiger partial charge is 0.480 e. The molecular formula is C16H19N3O4S. The fourth-order valence-corrected chi connectivity index (χ4v) is 4.35. The van der Waals surface area contributed by atoms with Gasteiger partial charge in [0.1, 0.15) is 10.4 Å². The minimum atomic E-state index is -3.96. The number of nitrogens with one attached hydrogen (secondary N) is 1. The van der Waals surface area contributed by atoms with E-state index >= 15 is 0 Å². The van der Waals surface area contributed by atoms with Gasteiger partial charge in [0.15, 0.2) is 0 Å². The number of carbonyl (C=O) groups is 1. The van der Waals surface area contributed by atoms with E-state index in [9.17, 15) is 18.3 Å². The van der Waals surface area contributed by atoms with Crippen molar-refractivity contribution in [2.45, 2.75) is 42.5 Å². The Bertz CT molecular complexity index is 824. The monoisotopic (exact) mass is 349 g/mol. The van der Waals surface area contributed by atoms with Crippen LogP contribution in [0.1, 0.15) is 32.1 Å². The first kappa shape index (κ1) is 16.7. The van der Waals surface area contributed by atoms with Crippen LogP contribution in [0.4, 0.5) is 0 Å². The summed E-state index contributed by atoms with van der Waals surface area (Å²) in [6, 6.07) is 9.11. The molecule has 1 aliphatic carbocycles. The molecule has 0 unspecified atom stereocenters. The fraction of sp³-hybridized carbons (Fsp3) is 0.375. The van der Waals surface area contributed by atoms with Crippen molar-refractivity contribution in [3.63, 3.8) is 0 Å². The van der Waals surface area contributed by atoms with Gasteiger partial charge in [-0.1, -0.05) is 37.5 Å². The molecule has 0 bridgehead atoms. The number of carboxylic acids is 1. The first-order valence-electron chi connectivity index (χ1n) is 7.80. The number of para-hydroxylation sites is 1. The topological polar surface area (TPSA) is 101 Å². The van der Waals surface area contributed by atoms with E-state index in [-0.39, 0.29) is 4.90 Å². The summed E-state index contributed by atoms with van der Waals surface area (Å²) in [5.74, 6) is -1.12. The fourth-order valence-electron chi connectivity index (χ4n) is 3.00. The van der Waals surface area contributed by atoms with Crippen molar-refractivity contribution in [2.24, 2.45) is 0 Å². The van der Waals surface area contributed by atoms with E-state index < -0.39 is 21.5 Å². The summed E-state index contributed by atoms with van der Waals surface area (Å²) in [6.45, 7) is 0. The van der Waals surface area contributed by atoms with Crippen LogP contribution < -0.4 is 4.72 Å². The van der Waals surface area contributed by atoms with Crippen LogP contribution in [0.15, 0.2) is 47.6 Å². The number of carboxylic acid groups (broad SMARTS) is 1. The minimum Gasteiger partial charge on any atom is -0.480 e. The van der Waals surface area contributed by atoms with Crippen LogP contribution in [0.3, 0.4) is 0 Å². The summed E-state index contributed by atoms with van der Waals surface area (Å²) in [6.07, 6.45) is 5.52. The first-order chi connectivity index (χ1) is 11.4. The molecule has 8 heteroatoms. The van der Waals surface area contributed by atoms with Crippen LogP contribution in [0, 0.1) is 0 Å². The van der Waals surface area contributed by atoms with Gasteiger partial charge < -0.3 is 5.11 Å². The second kappa shape index (κ2) is 6.37. The predicted molar refractivity (Wildman–Crippen MR) is 87.3 cm³/mol. The Balaban J connectivity index is 1.88. The lowest BCUT2D eigenvalue weighted by Gasteiger charge is -2.33. The Morgan fingerprint density at radius 2 is 1.83 bits per heavy atom. The number of rotatable bonds is 5. The van der Waals surface area contributed by atoms with Crippen LogP contribution >= 0.6 is 0 Å². The van der Waals surface area contributed by atoms with Gasteiger partial charge >= 0.3 is 5.97 Å². The second-order valence-electron chi connectivity index (χ2n) is 6.01. The molecule has 0 spiro atoms. The van der Waals surface area contributed by atoms with Crippen LogP contribution in [0.25, 0.3) is 5.69 Å². The molecule has 0 atom stereocenters. The van der Waals surface area contributed by atoms with E-state index in [1.54, 1.807) is 12.1 Å². The Morgan fingerprint density at radius 3 is 2.46 bits per heavy atom. The third-order valence-electron chi connectivity index (χ3n) is 4.34. The third kappa shape index (κ3) is 3.20. The number of hydrogen-bond donors (Lipinski definition) is 2. The molecule has 1 fully saturated rings. The molecular weight excluding hydrogens is 330 g/mol. The van der Waals surface area contributed by atoms with Gasteiger partial charge in [-0.25, -0.2) is 13.1 Å². The average Bonchev–Trinajstić information content (AvgIpc) is 3.07. The SMILES string of the molecule is O=C(O)C1(NS(=O)(=O)c2cnn(-c3ccccc3)c2)CCCCC1. The molecule has 1 aromatic carbocycles. The van der Waals surface area contributed by atoms with Gasteiger partial charge in [0.2, 0.25) is 10.0 Å². The number of aliphatic carboxylic acids is 1. The minimum absolute atomic E-state index is 0.0439. The van der Waals surface area contributed by atoms with Crippen molar-refractivity contribution in [2.75, 3.05) is 0 Å². The Kier molecular flexibility index (Phi) is 4.42. The molecule has 0 aliphatic heterocycles. The lowest BCUT2D eigenvalue weighted by Crippen LogP contribution is -2.55. The maximum Gasteiger partial charge on any atom is 0.324 e. The highest BCUT2D eigenvalue weighted by Crippen LogP contribution is 2.30. The van der Waals surface area contributed by atoms with E-state index in [1.807, 2.05) is 18.2 Å². The van der Waals surface area contributed by atoms with Crippen molar-refractivity contribution < 1.29 is 18.3 Å². The maximum absolute atomic E-state index is 12.6.